The van der Waals surface area contributed by atoms with Gasteiger partial charge in [-0.1, -0.05) is 12.1 Å². The number of carboxylic acids is 1. The smallest absolute Gasteiger partial charge is 0.309 e. The van der Waals surface area contributed by atoms with Gasteiger partial charge < -0.3 is 14.6 Å². The lowest BCUT2D eigenvalue weighted by Crippen LogP contribution is -2.05. The molecular weight excluding hydrogens is 208 g/mol. The van der Waals surface area contributed by atoms with Gasteiger partial charge in [0.15, 0.2) is 0 Å². The molecule has 2 rings (SSSR count). The van der Waals surface area contributed by atoms with Crippen LogP contribution in [0, 0.1) is 5.92 Å². The Morgan fingerprint density at radius 2 is 2.12 bits per heavy atom. The minimum absolute atomic E-state index is 0.111. The second-order valence-corrected chi connectivity index (χ2v) is 3.88. The lowest BCUT2D eigenvalue weighted by molar-refractivity contribution is -0.139. The molecule has 0 aliphatic heterocycles. The van der Waals surface area contributed by atoms with Crippen molar-refractivity contribution in [2.45, 2.75) is 19.1 Å². The van der Waals surface area contributed by atoms with E-state index in [1.807, 2.05) is 24.3 Å². The van der Waals surface area contributed by atoms with E-state index >= 15 is 0 Å². The average Bonchev–Trinajstić information content (AvgIpc) is 3.06. The molecule has 1 aromatic carbocycles. The van der Waals surface area contributed by atoms with Crippen LogP contribution in [0.25, 0.3) is 0 Å². The Bertz CT molecular complexity index is 371. The second kappa shape index (κ2) is 4.53. The first-order valence-corrected chi connectivity index (χ1v) is 5.18. The predicted octanol–water partition coefficient (Wildman–Crippen LogP) is 1.68. The van der Waals surface area contributed by atoms with E-state index in [2.05, 4.69) is 0 Å². The molecule has 86 valence electrons. The fourth-order valence-corrected chi connectivity index (χ4v) is 1.54. The van der Waals surface area contributed by atoms with Crippen LogP contribution in [0.15, 0.2) is 24.3 Å². The predicted molar refractivity (Wildman–Crippen MR) is 57.3 cm³/mol. The van der Waals surface area contributed by atoms with Gasteiger partial charge >= 0.3 is 5.97 Å². The van der Waals surface area contributed by atoms with Gasteiger partial charge in [0.1, 0.15) is 5.75 Å². The van der Waals surface area contributed by atoms with Crippen LogP contribution >= 0.6 is 0 Å². The third-order valence-corrected chi connectivity index (χ3v) is 2.67. The van der Waals surface area contributed by atoms with Crippen molar-refractivity contribution in [3.63, 3.8) is 0 Å². The number of carbonyl (C=O) groups is 1. The summed E-state index contributed by atoms with van der Waals surface area (Å²) >= 11 is 0. The molecule has 0 aromatic heterocycles. The van der Waals surface area contributed by atoms with Crippen LogP contribution in [0.1, 0.15) is 12.0 Å². The molecule has 0 bridgehead atoms. The normalized spacial score (nSPS) is 22.8. The van der Waals surface area contributed by atoms with Crippen molar-refractivity contribution in [2.24, 2.45) is 5.92 Å². The zero-order chi connectivity index (χ0) is 11.5. The largest absolute Gasteiger partial charge is 0.497 e. The molecule has 0 unspecified atom stereocenters. The van der Waals surface area contributed by atoms with Crippen molar-refractivity contribution < 1.29 is 19.4 Å². The van der Waals surface area contributed by atoms with Crippen LogP contribution in [0.3, 0.4) is 0 Å². The Morgan fingerprint density at radius 1 is 1.44 bits per heavy atom. The number of rotatable bonds is 5. The number of hydrogen-bond acceptors (Lipinski definition) is 3. The highest BCUT2D eigenvalue weighted by Gasteiger charge is 2.44. The third kappa shape index (κ3) is 2.52. The molecule has 2 atom stereocenters. The molecule has 1 aliphatic carbocycles. The topological polar surface area (TPSA) is 55.8 Å². The van der Waals surface area contributed by atoms with Crippen molar-refractivity contribution >= 4 is 5.97 Å². The number of ether oxygens (including phenoxy) is 2. The van der Waals surface area contributed by atoms with Gasteiger partial charge in [0.05, 0.1) is 25.7 Å². The van der Waals surface area contributed by atoms with Crippen molar-refractivity contribution in [2.75, 3.05) is 7.11 Å². The van der Waals surface area contributed by atoms with Gasteiger partial charge in [-0.2, -0.15) is 0 Å². The summed E-state index contributed by atoms with van der Waals surface area (Å²) in [5.74, 6) is -0.267. The summed E-state index contributed by atoms with van der Waals surface area (Å²) in [6, 6.07) is 7.55. The number of hydrogen-bond donors (Lipinski definition) is 1. The second-order valence-electron chi connectivity index (χ2n) is 3.88. The summed E-state index contributed by atoms with van der Waals surface area (Å²) in [6.45, 7) is 0.457. The molecule has 0 heterocycles. The summed E-state index contributed by atoms with van der Waals surface area (Å²) in [4.78, 5) is 10.6. The maximum Gasteiger partial charge on any atom is 0.309 e. The van der Waals surface area contributed by atoms with Crippen molar-refractivity contribution in [1.82, 2.24) is 0 Å². The van der Waals surface area contributed by atoms with Gasteiger partial charge in [0, 0.05) is 0 Å². The summed E-state index contributed by atoms with van der Waals surface area (Å²) in [5.41, 5.74) is 1.02. The Kier molecular flexibility index (Phi) is 3.10. The first kappa shape index (κ1) is 11.0. The van der Waals surface area contributed by atoms with E-state index in [0.717, 1.165) is 11.3 Å². The molecule has 0 amide bonds. The molecule has 1 saturated carbocycles. The molecule has 4 heteroatoms. The number of methoxy groups -OCH3 is 1. The minimum atomic E-state index is -0.764. The molecule has 0 radical (unpaired) electrons. The molecule has 1 N–H and O–H groups in total. The molecule has 4 nitrogen and oxygen atoms in total. The lowest BCUT2D eigenvalue weighted by Gasteiger charge is -2.04. The maximum absolute atomic E-state index is 10.6. The Hall–Kier alpha value is -1.55. The Balaban J connectivity index is 1.80. The van der Waals surface area contributed by atoms with Crippen molar-refractivity contribution in [3.05, 3.63) is 29.8 Å². The van der Waals surface area contributed by atoms with E-state index in [0.29, 0.717) is 13.0 Å². The number of benzene rings is 1. The summed E-state index contributed by atoms with van der Waals surface area (Å²) in [5, 5.41) is 8.69. The lowest BCUT2D eigenvalue weighted by atomic mass is 10.2. The zero-order valence-electron chi connectivity index (χ0n) is 9.05. The molecule has 1 aromatic rings. The van der Waals surface area contributed by atoms with Crippen LogP contribution in [0.2, 0.25) is 0 Å². The fourth-order valence-electron chi connectivity index (χ4n) is 1.54. The summed E-state index contributed by atoms with van der Waals surface area (Å²) in [6.07, 6.45) is 0.519. The van der Waals surface area contributed by atoms with E-state index in [-0.39, 0.29) is 12.0 Å². The van der Waals surface area contributed by atoms with E-state index < -0.39 is 5.97 Å². The molecule has 0 spiro atoms. The van der Waals surface area contributed by atoms with Gasteiger partial charge in [0.25, 0.3) is 0 Å². The number of carboxylic acid groups (broad SMARTS) is 1. The van der Waals surface area contributed by atoms with E-state index in [1.165, 1.54) is 0 Å². The standard InChI is InChI=1S/C12H14O4/c1-15-9-4-2-8(3-5-9)7-16-11-6-10(11)12(13)14/h2-5,10-11H,6-7H2,1H3,(H,13,14)/t10-,11-/m1/s1. The third-order valence-electron chi connectivity index (χ3n) is 2.67. The number of aliphatic carboxylic acids is 1. The molecule has 1 fully saturated rings. The first-order chi connectivity index (χ1) is 7.70. The van der Waals surface area contributed by atoms with Crippen LogP contribution in [-0.4, -0.2) is 24.3 Å². The minimum Gasteiger partial charge on any atom is -0.497 e. The summed E-state index contributed by atoms with van der Waals surface area (Å²) < 4.78 is 10.5. The van der Waals surface area contributed by atoms with E-state index in [9.17, 15) is 4.79 Å². The quantitative estimate of drug-likeness (QED) is 0.823. The van der Waals surface area contributed by atoms with Crippen LogP contribution in [0.4, 0.5) is 0 Å². The van der Waals surface area contributed by atoms with Gasteiger partial charge in [-0.3, -0.25) is 4.79 Å². The fraction of sp³-hybridized carbons (Fsp3) is 0.417. The Morgan fingerprint density at radius 3 is 2.62 bits per heavy atom. The molecule has 0 saturated heterocycles. The first-order valence-electron chi connectivity index (χ1n) is 5.18. The highest BCUT2D eigenvalue weighted by molar-refractivity contribution is 5.74. The van der Waals surface area contributed by atoms with Gasteiger partial charge in [0.2, 0.25) is 0 Å². The highest BCUT2D eigenvalue weighted by atomic mass is 16.5. The van der Waals surface area contributed by atoms with Crippen LogP contribution in [-0.2, 0) is 16.1 Å². The van der Waals surface area contributed by atoms with Crippen LogP contribution < -0.4 is 4.74 Å². The van der Waals surface area contributed by atoms with Crippen molar-refractivity contribution in [1.29, 1.82) is 0 Å². The van der Waals surface area contributed by atoms with Crippen molar-refractivity contribution in [3.8, 4) is 5.75 Å². The van der Waals surface area contributed by atoms with Gasteiger partial charge in [-0.05, 0) is 24.1 Å². The highest BCUT2D eigenvalue weighted by Crippen LogP contribution is 2.34. The molecule has 1 aliphatic rings. The zero-order valence-corrected chi connectivity index (χ0v) is 9.05. The monoisotopic (exact) mass is 222 g/mol. The average molecular weight is 222 g/mol. The summed E-state index contributed by atoms with van der Waals surface area (Å²) in [7, 11) is 1.62. The maximum atomic E-state index is 10.6. The van der Waals surface area contributed by atoms with E-state index in [1.54, 1.807) is 7.11 Å². The SMILES string of the molecule is COc1ccc(CO[C@@H]2C[C@H]2C(=O)O)cc1. The van der Waals surface area contributed by atoms with Gasteiger partial charge in [-0.15, -0.1) is 0 Å². The van der Waals surface area contributed by atoms with E-state index in [4.69, 9.17) is 14.6 Å². The Labute approximate surface area is 93.8 Å². The molecule has 16 heavy (non-hydrogen) atoms. The van der Waals surface area contributed by atoms with Gasteiger partial charge in [-0.25, -0.2) is 0 Å². The van der Waals surface area contributed by atoms with Crippen LogP contribution in [0.5, 0.6) is 5.75 Å². The molecular formula is C12H14O4.